The summed E-state index contributed by atoms with van der Waals surface area (Å²) in [5.74, 6) is -1.57. The third-order valence-electron chi connectivity index (χ3n) is 11.8. The van der Waals surface area contributed by atoms with E-state index < -0.39 is 35.2 Å². The summed E-state index contributed by atoms with van der Waals surface area (Å²) in [5.41, 5.74) is 2.91. The fourth-order valence-electron chi connectivity index (χ4n) is 9.06. The molecule has 3 fully saturated rings. The van der Waals surface area contributed by atoms with Gasteiger partial charge in [0.05, 0.1) is 43.0 Å². The van der Waals surface area contributed by atoms with Crippen molar-refractivity contribution in [3.05, 3.63) is 89.0 Å². The Morgan fingerprint density at radius 3 is 2.18 bits per heavy atom. The van der Waals surface area contributed by atoms with E-state index in [4.69, 9.17) is 4.74 Å². The van der Waals surface area contributed by atoms with Crippen molar-refractivity contribution in [1.29, 1.82) is 0 Å². The normalized spacial score (nSPS) is 27.1. The third kappa shape index (κ3) is 5.36. The van der Waals surface area contributed by atoms with Crippen LogP contribution in [0.3, 0.4) is 0 Å². The molecule has 5 aliphatic rings. The molecule has 0 radical (unpaired) electrons. The van der Waals surface area contributed by atoms with Gasteiger partial charge in [0.25, 0.3) is 5.91 Å². The number of amides is 4. The van der Waals surface area contributed by atoms with Crippen LogP contribution in [0.2, 0.25) is 0 Å². The Balaban J connectivity index is 1.14. The average Bonchev–Trinajstić information content (AvgIpc) is 3.52. The highest BCUT2D eigenvalue weighted by Gasteiger charge is 2.66. The van der Waals surface area contributed by atoms with E-state index in [9.17, 15) is 24.6 Å². The quantitative estimate of drug-likeness (QED) is 0.345. The second-order valence-corrected chi connectivity index (χ2v) is 15.2. The van der Waals surface area contributed by atoms with Gasteiger partial charge in [-0.25, -0.2) is 0 Å². The minimum Gasteiger partial charge on any atom is -0.394 e. The predicted octanol–water partition coefficient (Wildman–Crippen LogP) is 3.66. The molecule has 5 aliphatic heterocycles. The number of ether oxygens (including phenoxy) is 1. The van der Waals surface area contributed by atoms with E-state index in [0.29, 0.717) is 55.8 Å². The number of β-lactam (4-membered cyclic amide) rings is 2. The second kappa shape index (κ2) is 12.3. The van der Waals surface area contributed by atoms with Crippen LogP contribution in [-0.2, 0) is 49.0 Å². The summed E-state index contributed by atoms with van der Waals surface area (Å²) in [6, 6.07) is 20.7. The molecule has 51 heavy (non-hydrogen) atoms. The lowest BCUT2D eigenvalue weighted by Crippen LogP contribution is -2.48. The van der Waals surface area contributed by atoms with Crippen LogP contribution in [0.4, 0.5) is 17.1 Å². The Hall–Kier alpha value is -4.58. The molecule has 5 heterocycles. The Morgan fingerprint density at radius 2 is 1.57 bits per heavy atom. The van der Waals surface area contributed by atoms with Gasteiger partial charge in [-0.2, -0.15) is 0 Å². The number of hydrogen-bond donors (Lipinski definition) is 2. The number of rotatable bonds is 8. The molecule has 8 rings (SSSR count). The highest BCUT2D eigenvalue weighted by Crippen LogP contribution is 2.58. The van der Waals surface area contributed by atoms with Crippen LogP contribution in [0.15, 0.2) is 66.7 Å². The molecule has 2 N–H and O–H groups in total. The highest BCUT2D eigenvalue weighted by atomic mass is 16.5. The number of benzene rings is 3. The van der Waals surface area contributed by atoms with Crippen molar-refractivity contribution in [2.24, 2.45) is 11.8 Å². The molecule has 0 bridgehead atoms. The average molecular weight is 693 g/mol. The van der Waals surface area contributed by atoms with Gasteiger partial charge in [-0.15, -0.1) is 0 Å². The van der Waals surface area contributed by atoms with Crippen molar-refractivity contribution in [2.75, 3.05) is 34.4 Å². The lowest BCUT2D eigenvalue weighted by molar-refractivity contribution is -0.151. The first-order valence-corrected chi connectivity index (χ1v) is 17.9. The van der Waals surface area contributed by atoms with E-state index in [0.717, 1.165) is 22.4 Å². The van der Waals surface area contributed by atoms with Gasteiger partial charge in [-0.3, -0.25) is 19.2 Å². The zero-order chi connectivity index (χ0) is 35.8. The molecular weight excluding hydrogens is 648 g/mol. The standard InChI is InChI=1S/C40H44N4O7/c1-24-37(39(2,3)50)33(20-36(48)43-22-27-7-5-4-6-26(27)18-30(43)23-45)51-40(24)31-19-29(42-17-15-35(42)47)12-13-32(31)44(38(40)49)21-25-8-10-28(11-9-25)41-16-14-34(41)46/h4-13,19,24,30,33,37,45,50H,14-18,20-23H2,1-3H3/t24-,30-,33+,37-,40+/m0/s1. The molecule has 5 atom stereocenters. The molecular formula is C40H44N4O7. The molecule has 0 unspecified atom stereocenters. The minimum atomic E-state index is -1.52. The lowest BCUT2D eigenvalue weighted by Gasteiger charge is -2.38. The fraction of sp³-hybridized carbons (Fsp3) is 0.450. The SMILES string of the molecule is C[C@H]1[C@H](C(C)(C)O)[C@@H](CC(=O)N2Cc3ccccc3C[C@H]2CO)O[C@]12C(=O)N(Cc1ccc(N3CCC3=O)cc1)c1ccc(N3CCC3=O)cc12. The van der Waals surface area contributed by atoms with Crippen molar-refractivity contribution in [3.63, 3.8) is 0 Å². The zero-order valence-electron chi connectivity index (χ0n) is 29.2. The number of carbonyl (C=O) groups excluding carboxylic acids is 4. The Kier molecular flexibility index (Phi) is 8.08. The van der Waals surface area contributed by atoms with Crippen LogP contribution in [0.1, 0.15) is 62.3 Å². The molecule has 0 aromatic heterocycles. The summed E-state index contributed by atoms with van der Waals surface area (Å²) in [4.78, 5) is 60.6. The summed E-state index contributed by atoms with van der Waals surface area (Å²) < 4.78 is 6.96. The van der Waals surface area contributed by atoms with E-state index in [1.807, 2.05) is 73.7 Å². The van der Waals surface area contributed by atoms with E-state index in [1.54, 1.807) is 33.4 Å². The maximum absolute atomic E-state index is 15.0. The maximum atomic E-state index is 15.0. The Bertz CT molecular complexity index is 1920. The van der Waals surface area contributed by atoms with Gasteiger partial charge in [0.1, 0.15) is 0 Å². The van der Waals surface area contributed by atoms with Crippen molar-refractivity contribution in [2.45, 2.75) is 82.9 Å². The van der Waals surface area contributed by atoms with Crippen LogP contribution in [-0.4, -0.2) is 76.2 Å². The first kappa shape index (κ1) is 33.6. The molecule has 4 amide bonds. The summed E-state index contributed by atoms with van der Waals surface area (Å²) in [7, 11) is 0. The summed E-state index contributed by atoms with van der Waals surface area (Å²) in [5, 5.41) is 22.0. The molecule has 11 nitrogen and oxygen atoms in total. The van der Waals surface area contributed by atoms with Gasteiger partial charge in [0.2, 0.25) is 17.7 Å². The third-order valence-corrected chi connectivity index (χ3v) is 11.8. The summed E-state index contributed by atoms with van der Waals surface area (Å²) >= 11 is 0. The van der Waals surface area contributed by atoms with Gasteiger partial charge >= 0.3 is 0 Å². The molecule has 0 aliphatic carbocycles. The smallest absolute Gasteiger partial charge is 0.264 e. The predicted molar refractivity (Wildman–Crippen MR) is 190 cm³/mol. The number of nitrogens with zero attached hydrogens (tertiary/aromatic N) is 4. The van der Waals surface area contributed by atoms with E-state index in [2.05, 4.69) is 0 Å². The Labute approximate surface area is 297 Å². The van der Waals surface area contributed by atoms with Crippen molar-refractivity contribution in [3.8, 4) is 0 Å². The van der Waals surface area contributed by atoms with Crippen molar-refractivity contribution in [1.82, 2.24) is 4.90 Å². The van der Waals surface area contributed by atoms with Crippen LogP contribution in [0, 0.1) is 11.8 Å². The number of anilines is 3. The van der Waals surface area contributed by atoms with Gasteiger partial charge in [-0.05, 0) is 67.3 Å². The second-order valence-electron chi connectivity index (χ2n) is 15.2. The van der Waals surface area contributed by atoms with Crippen LogP contribution < -0.4 is 14.7 Å². The highest BCUT2D eigenvalue weighted by molar-refractivity contribution is 6.09. The summed E-state index contributed by atoms with van der Waals surface area (Å²) in [6.45, 7) is 6.98. The fourth-order valence-corrected chi connectivity index (χ4v) is 9.06. The van der Waals surface area contributed by atoms with Gasteiger partial charge in [0, 0.05) is 61.2 Å². The van der Waals surface area contributed by atoms with Crippen molar-refractivity contribution < 1.29 is 34.1 Å². The van der Waals surface area contributed by atoms with Gasteiger partial charge in [0.15, 0.2) is 5.60 Å². The zero-order valence-corrected chi connectivity index (χ0v) is 29.2. The van der Waals surface area contributed by atoms with E-state index >= 15 is 4.79 Å². The number of aliphatic hydroxyl groups is 2. The first-order valence-electron chi connectivity index (χ1n) is 17.9. The number of aliphatic hydroxyl groups excluding tert-OH is 1. The molecule has 11 heteroatoms. The topological polar surface area (TPSA) is 131 Å². The van der Waals surface area contributed by atoms with E-state index in [1.165, 1.54) is 0 Å². The number of carbonyl (C=O) groups is 4. The van der Waals surface area contributed by atoms with Crippen LogP contribution in [0.5, 0.6) is 0 Å². The number of fused-ring (bicyclic) bond motifs is 3. The number of hydrogen-bond acceptors (Lipinski definition) is 7. The van der Waals surface area contributed by atoms with Crippen LogP contribution in [0.25, 0.3) is 0 Å². The van der Waals surface area contributed by atoms with E-state index in [-0.39, 0.29) is 43.2 Å². The first-order chi connectivity index (χ1) is 24.4. The van der Waals surface area contributed by atoms with Crippen molar-refractivity contribution >= 4 is 40.7 Å². The molecule has 3 aromatic carbocycles. The molecule has 3 aromatic rings. The van der Waals surface area contributed by atoms with Crippen LogP contribution >= 0.6 is 0 Å². The van der Waals surface area contributed by atoms with Gasteiger partial charge in [-0.1, -0.05) is 43.3 Å². The molecule has 3 saturated heterocycles. The lowest BCUT2D eigenvalue weighted by atomic mass is 9.70. The maximum Gasteiger partial charge on any atom is 0.264 e. The Morgan fingerprint density at radius 1 is 0.922 bits per heavy atom. The largest absolute Gasteiger partial charge is 0.394 e. The monoisotopic (exact) mass is 692 g/mol. The summed E-state index contributed by atoms with van der Waals surface area (Å²) in [6.07, 6.45) is 0.637. The minimum absolute atomic E-state index is 0.00530. The molecule has 266 valence electrons. The van der Waals surface area contributed by atoms with Gasteiger partial charge < -0.3 is 34.5 Å². The molecule has 0 saturated carbocycles. The molecule has 1 spiro atoms.